The first-order valence-corrected chi connectivity index (χ1v) is 36.6. The largest absolute Gasteiger partial charge is 0.466 e. The van der Waals surface area contributed by atoms with Crippen LogP contribution in [0.4, 0.5) is 0 Å². The van der Waals surface area contributed by atoms with Crippen LogP contribution in [-0.4, -0.2) is 47.4 Å². The third-order valence-corrected chi connectivity index (χ3v) is 17.2. The van der Waals surface area contributed by atoms with E-state index in [1.165, 1.54) is 340 Å². The third-order valence-electron chi connectivity index (χ3n) is 17.2. The molecular formula is C74H143NO5. The molecular weight excluding hydrogens is 983 g/mol. The lowest BCUT2D eigenvalue weighted by Crippen LogP contribution is -2.45. The van der Waals surface area contributed by atoms with Crippen LogP contribution in [0.3, 0.4) is 0 Å². The fourth-order valence-electron chi connectivity index (χ4n) is 11.6. The van der Waals surface area contributed by atoms with E-state index in [0.717, 1.165) is 44.9 Å². The van der Waals surface area contributed by atoms with Gasteiger partial charge in [0, 0.05) is 12.8 Å². The molecule has 0 bridgehead atoms. The quantitative estimate of drug-likeness (QED) is 0.0320. The number of rotatable bonds is 69. The number of amides is 1. The smallest absolute Gasteiger partial charge is 0.305 e. The Kier molecular flexibility index (Phi) is 68.4. The summed E-state index contributed by atoms with van der Waals surface area (Å²) in [5.74, 6) is -0.0438. The summed E-state index contributed by atoms with van der Waals surface area (Å²) < 4.78 is 5.51. The highest BCUT2D eigenvalue weighted by Gasteiger charge is 2.18. The molecule has 0 heterocycles. The van der Waals surface area contributed by atoms with Crippen molar-refractivity contribution in [3.63, 3.8) is 0 Å². The van der Waals surface area contributed by atoms with Crippen LogP contribution >= 0.6 is 0 Å². The number of hydrogen-bond acceptors (Lipinski definition) is 5. The molecule has 0 aliphatic heterocycles. The van der Waals surface area contributed by atoms with Gasteiger partial charge in [-0.05, 0) is 57.8 Å². The predicted molar refractivity (Wildman–Crippen MR) is 352 cm³/mol. The van der Waals surface area contributed by atoms with Gasteiger partial charge >= 0.3 is 5.97 Å². The van der Waals surface area contributed by atoms with Crippen LogP contribution in [0, 0.1) is 0 Å². The number of aliphatic hydroxyl groups excluding tert-OH is 2. The van der Waals surface area contributed by atoms with Crippen molar-refractivity contribution >= 4 is 11.9 Å². The first-order chi connectivity index (χ1) is 39.5. The van der Waals surface area contributed by atoms with Crippen molar-refractivity contribution in [3.8, 4) is 0 Å². The lowest BCUT2D eigenvalue weighted by atomic mass is 10.0. The van der Waals surface area contributed by atoms with Gasteiger partial charge in [-0.15, -0.1) is 0 Å². The first-order valence-electron chi connectivity index (χ1n) is 36.6. The van der Waals surface area contributed by atoms with Crippen LogP contribution < -0.4 is 5.32 Å². The van der Waals surface area contributed by atoms with E-state index in [1.807, 2.05) is 6.08 Å². The van der Waals surface area contributed by atoms with E-state index in [4.69, 9.17) is 4.74 Å². The molecule has 0 aliphatic rings. The number of ether oxygens (including phenoxy) is 1. The Morgan fingerprint density at radius 3 is 0.887 bits per heavy atom. The average molecular weight is 1130 g/mol. The van der Waals surface area contributed by atoms with Gasteiger partial charge in [-0.1, -0.05) is 366 Å². The molecule has 0 radical (unpaired) electrons. The normalized spacial score (nSPS) is 12.6. The second kappa shape index (κ2) is 69.8. The van der Waals surface area contributed by atoms with Gasteiger partial charge in [0.2, 0.25) is 5.91 Å². The Bertz CT molecular complexity index is 1250. The summed E-state index contributed by atoms with van der Waals surface area (Å²) >= 11 is 0. The topological polar surface area (TPSA) is 95.9 Å². The molecule has 6 heteroatoms. The Hall–Kier alpha value is -1.66. The van der Waals surface area contributed by atoms with Gasteiger partial charge in [-0.25, -0.2) is 0 Å². The number of nitrogens with one attached hydrogen (secondary N) is 1. The summed E-state index contributed by atoms with van der Waals surface area (Å²) in [4.78, 5) is 24.6. The van der Waals surface area contributed by atoms with Crippen molar-refractivity contribution in [3.05, 3.63) is 24.3 Å². The first kappa shape index (κ1) is 78.3. The maximum absolute atomic E-state index is 12.5. The summed E-state index contributed by atoms with van der Waals surface area (Å²) in [6, 6.07) is -0.625. The third kappa shape index (κ3) is 65.5. The van der Waals surface area contributed by atoms with Crippen molar-refractivity contribution in [2.24, 2.45) is 0 Å². The van der Waals surface area contributed by atoms with Crippen LogP contribution in [0.1, 0.15) is 412 Å². The highest BCUT2D eigenvalue weighted by atomic mass is 16.5. The minimum Gasteiger partial charge on any atom is -0.466 e. The molecule has 0 aromatic heterocycles. The number of hydrogen-bond donors (Lipinski definition) is 3. The summed E-state index contributed by atoms with van der Waals surface area (Å²) in [5.41, 5.74) is 0. The second-order valence-electron chi connectivity index (χ2n) is 25.3. The lowest BCUT2D eigenvalue weighted by Gasteiger charge is -2.20. The van der Waals surface area contributed by atoms with E-state index in [1.54, 1.807) is 6.08 Å². The molecule has 6 nitrogen and oxygen atoms in total. The zero-order chi connectivity index (χ0) is 57.8. The number of unbranched alkanes of at least 4 members (excludes halogenated alkanes) is 56. The molecule has 80 heavy (non-hydrogen) atoms. The van der Waals surface area contributed by atoms with E-state index < -0.39 is 12.1 Å². The molecule has 0 aliphatic carbocycles. The maximum Gasteiger partial charge on any atom is 0.305 e. The molecule has 2 atom stereocenters. The van der Waals surface area contributed by atoms with Crippen LogP contribution in [-0.2, 0) is 14.3 Å². The summed E-state index contributed by atoms with van der Waals surface area (Å²) in [5, 5.41) is 23.2. The van der Waals surface area contributed by atoms with Crippen molar-refractivity contribution in [1.82, 2.24) is 5.32 Å². The molecule has 0 aromatic rings. The molecule has 0 saturated carbocycles. The van der Waals surface area contributed by atoms with Gasteiger partial charge in [-0.2, -0.15) is 0 Å². The van der Waals surface area contributed by atoms with Crippen LogP contribution in [0.25, 0.3) is 0 Å². The monoisotopic (exact) mass is 1130 g/mol. The second-order valence-corrected chi connectivity index (χ2v) is 25.3. The van der Waals surface area contributed by atoms with Crippen molar-refractivity contribution in [2.45, 2.75) is 424 Å². The van der Waals surface area contributed by atoms with E-state index in [9.17, 15) is 19.8 Å². The van der Waals surface area contributed by atoms with E-state index in [-0.39, 0.29) is 18.5 Å². The van der Waals surface area contributed by atoms with Gasteiger partial charge in [0.15, 0.2) is 0 Å². The number of carbonyl (C=O) groups excluding carboxylic acids is 2. The molecule has 0 rings (SSSR count). The van der Waals surface area contributed by atoms with Gasteiger partial charge in [0.1, 0.15) is 0 Å². The Morgan fingerprint density at radius 1 is 0.338 bits per heavy atom. The Balaban J connectivity index is 3.34. The maximum atomic E-state index is 12.5. The highest BCUT2D eigenvalue weighted by Crippen LogP contribution is 2.19. The van der Waals surface area contributed by atoms with E-state index in [0.29, 0.717) is 19.4 Å². The van der Waals surface area contributed by atoms with Crippen molar-refractivity contribution in [2.75, 3.05) is 13.2 Å². The predicted octanol–water partition coefficient (Wildman–Crippen LogP) is 23.7. The summed E-state index contributed by atoms with van der Waals surface area (Å²) in [6.45, 7) is 4.94. The van der Waals surface area contributed by atoms with Gasteiger partial charge < -0.3 is 20.3 Å². The van der Waals surface area contributed by atoms with E-state index in [2.05, 4.69) is 31.3 Å². The van der Waals surface area contributed by atoms with Crippen molar-refractivity contribution in [1.29, 1.82) is 0 Å². The number of esters is 1. The lowest BCUT2D eigenvalue weighted by molar-refractivity contribution is -0.143. The number of allylic oxidation sites excluding steroid dienone is 3. The zero-order valence-corrected chi connectivity index (χ0v) is 54.3. The van der Waals surface area contributed by atoms with Crippen LogP contribution in [0.15, 0.2) is 24.3 Å². The minimum atomic E-state index is -0.841. The zero-order valence-electron chi connectivity index (χ0n) is 54.3. The number of aliphatic hydroxyl groups is 2. The molecule has 0 aromatic carbocycles. The molecule has 0 saturated heterocycles. The highest BCUT2D eigenvalue weighted by molar-refractivity contribution is 5.76. The molecule has 474 valence electrons. The minimum absolute atomic E-state index is 0.0172. The number of carbonyl (C=O) groups is 2. The van der Waals surface area contributed by atoms with E-state index >= 15 is 0 Å². The fraction of sp³-hybridized carbons (Fsp3) is 0.919. The van der Waals surface area contributed by atoms with Crippen molar-refractivity contribution < 1.29 is 24.5 Å². The average Bonchev–Trinajstić information content (AvgIpc) is 3.46. The molecule has 1 amide bonds. The molecule has 0 spiro atoms. The van der Waals surface area contributed by atoms with Crippen LogP contribution in [0.2, 0.25) is 0 Å². The summed E-state index contributed by atoms with van der Waals surface area (Å²) in [7, 11) is 0. The standard InChI is InChI=1S/C74H143NO5/c1-3-5-7-9-11-13-15-17-19-35-40-44-48-52-56-60-64-68-74(79)80-69-65-61-57-53-49-45-41-37-34-32-30-28-26-24-22-21-23-25-27-29-31-33-36-39-43-47-51-55-59-63-67-73(78)75-71(70-76)72(77)66-62-58-54-50-46-42-38-20-18-16-14-12-10-8-6-4-2/h17,19,62,66,71-72,76-77H,3-16,18,20-61,63-65,67-70H2,1-2H3,(H,75,78)/b19-17-,66-62+. The van der Waals surface area contributed by atoms with Crippen LogP contribution in [0.5, 0.6) is 0 Å². The van der Waals surface area contributed by atoms with Gasteiger partial charge in [-0.3, -0.25) is 9.59 Å². The molecule has 3 N–H and O–H groups in total. The van der Waals surface area contributed by atoms with Gasteiger partial charge in [0.25, 0.3) is 0 Å². The fourth-order valence-corrected chi connectivity index (χ4v) is 11.6. The SMILES string of the molecule is CCCCCCCC/C=C\CCCCCCCCCC(=O)OCCCCCCCCCCCCCCCCCCCCCCCCCCCCCCCCC(=O)NC(CO)C(O)/C=C/CCCCCCCCCCCCCCCC. The summed E-state index contributed by atoms with van der Waals surface area (Å²) in [6.07, 6.45) is 88.4. The Morgan fingerprint density at radius 2 is 0.588 bits per heavy atom. The Labute approximate surface area is 501 Å². The molecule has 0 fully saturated rings. The van der Waals surface area contributed by atoms with Gasteiger partial charge in [0.05, 0.1) is 25.4 Å². The molecule has 2 unspecified atom stereocenters.